The molecular formula is C21H28O4. The average Bonchev–Trinajstić information content (AvgIpc) is 2.65. The van der Waals surface area contributed by atoms with Crippen molar-refractivity contribution >= 4 is 0 Å². The van der Waals surface area contributed by atoms with E-state index in [-0.39, 0.29) is 0 Å². The summed E-state index contributed by atoms with van der Waals surface area (Å²) in [6.45, 7) is 2.81. The highest BCUT2D eigenvalue weighted by molar-refractivity contribution is 5.34. The van der Waals surface area contributed by atoms with E-state index in [2.05, 4.69) is 24.3 Å². The molecule has 0 fully saturated rings. The summed E-state index contributed by atoms with van der Waals surface area (Å²) in [5, 5.41) is 0. The largest absolute Gasteiger partial charge is 0.494 e. The summed E-state index contributed by atoms with van der Waals surface area (Å²) in [7, 11) is 3.41. The van der Waals surface area contributed by atoms with Gasteiger partial charge in [0.25, 0.3) is 0 Å². The second-order valence-corrected chi connectivity index (χ2v) is 5.85. The third-order valence-electron chi connectivity index (χ3n) is 3.78. The van der Waals surface area contributed by atoms with Gasteiger partial charge in [-0.05, 0) is 41.8 Å². The first-order chi connectivity index (χ1) is 12.3. The maximum absolute atomic E-state index is 5.68. The Morgan fingerprint density at radius 2 is 0.960 bits per heavy atom. The lowest BCUT2D eigenvalue weighted by molar-refractivity contribution is 0.172. The zero-order valence-corrected chi connectivity index (χ0v) is 15.2. The Bertz CT molecular complexity index is 524. The van der Waals surface area contributed by atoms with E-state index in [9.17, 15) is 0 Å². The van der Waals surface area contributed by atoms with E-state index in [0.717, 1.165) is 44.0 Å². The molecule has 25 heavy (non-hydrogen) atoms. The first-order valence-electron chi connectivity index (χ1n) is 8.73. The molecular weight excluding hydrogens is 316 g/mol. The van der Waals surface area contributed by atoms with Gasteiger partial charge in [-0.3, -0.25) is 0 Å². The molecule has 0 heterocycles. The lowest BCUT2D eigenvalue weighted by atomic mass is 10.0. The van der Waals surface area contributed by atoms with E-state index >= 15 is 0 Å². The van der Waals surface area contributed by atoms with Gasteiger partial charge in [0.15, 0.2) is 0 Å². The second kappa shape index (κ2) is 11.5. The van der Waals surface area contributed by atoms with E-state index < -0.39 is 0 Å². The number of hydrogen-bond donors (Lipinski definition) is 0. The van der Waals surface area contributed by atoms with E-state index in [1.54, 1.807) is 14.2 Å². The van der Waals surface area contributed by atoms with Crippen LogP contribution in [0, 0.1) is 0 Å². The Morgan fingerprint density at radius 1 is 0.560 bits per heavy atom. The molecule has 136 valence electrons. The van der Waals surface area contributed by atoms with Crippen LogP contribution < -0.4 is 9.47 Å². The Kier molecular flexibility index (Phi) is 8.87. The molecule has 0 spiro atoms. The van der Waals surface area contributed by atoms with Crippen LogP contribution in [0.25, 0.3) is 0 Å². The van der Waals surface area contributed by atoms with Crippen molar-refractivity contribution < 1.29 is 18.9 Å². The maximum Gasteiger partial charge on any atom is 0.119 e. The van der Waals surface area contributed by atoms with Crippen molar-refractivity contribution in [3.8, 4) is 11.5 Å². The minimum Gasteiger partial charge on any atom is -0.494 e. The van der Waals surface area contributed by atoms with E-state index in [4.69, 9.17) is 18.9 Å². The zero-order chi connectivity index (χ0) is 17.7. The molecule has 0 aliphatic heterocycles. The quantitative estimate of drug-likeness (QED) is 0.543. The van der Waals surface area contributed by atoms with E-state index in [1.807, 2.05) is 24.3 Å². The number of methoxy groups -OCH3 is 2. The minimum absolute atomic E-state index is 0.680. The predicted octanol–water partition coefficient (Wildman–Crippen LogP) is 4.11. The molecule has 2 rings (SSSR count). The van der Waals surface area contributed by atoms with E-state index in [1.165, 1.54) is 11.1 Å². The summed E-state index contributed by atoms with van der Waals surface area (Å²) >= 11 is 0. The first-order valence-corrected chi connectivity index (χ1v) is 8.73. The molecule has 0 aliphatic carbocycles. The standard InChI is InChI=1S/C21H28O4/c1-22-13-3-15-24-20-9-5-18(6-10-20)17-19-7-11-21(12-8-19)25-16-4-14-23-2/h5-12H,3-4,13-17H2,1-2H3. The highest BCUT2D eigenvalue weighted by atomic mass is 16.5. The fourth-order valence-electron chi connectivity index (χ4n) is 2.43. The Hall–Kier alpha value is -2.04. The van der Waals surface area contributed by atoms with Gasteiger partial charge >= 0.3 is 0 Å². The molecule has 2 aromatic carbocycles. The molecule has 0 saturated carbocycles. The molecule has 0 amide bonds. The van der Waals surface area contributed by atoms with Crippen LogP contribution in [0.4, 0.5) is 0 Å². The molecule has 0 aliphatic rings. The molecule has 4 heteroatoms. The van der Waals surface area contributed by atoms with Gasteiger partial charge in [-0.2, -0.15) is 0 Å². The fraction of sp³-hybridized carbons (Fsp3) is 0.429. The molecule has 0 saturated heterocycles. The van der Waals surface area contributed by atoms with Gasteiger partial charge < -0.3 is 18.9 Å². The van der Waals surface area contributed by atoms with Gasteiger partial charge in [-0.1, -0.05) is 24.3 Å². The normalized spacial score (nSPS) is 10.6. The third-order valence-corrected chi connectivity index (χ3v) is 3.78. The van der Waals surface area contributed by atoms with Crippen LogP contribution in [0.5, 0.6) is 11.5 Å². The van der Waals surface area contributed by atoms with Crippen LogP contribution in [0.3, 0.4) is 0 Å². The highest BCUT2D eigenvalue weighted by Gasteiger charge is 2.00. The van der Waals surface area contributed by atoms with Crippen LogP contribution >= 0.6 is 0 Å². The van der Waals surface area contributed by atoms with Gasteiger partial charge in [0.1, 0.15) is 11.5 Å². The van der Waals surface area contributed by atoms with Crippen LogP contribution in [0.15, 0.2) is 48.5 Å². The Labute approximate surface area is 150 Å². The fourth-order valence-corrected chi connectivity index (χ4v) is 2.43. The number of ether oxygens (including phenoxy) is 4. The lowest BCUT2D eigenvalue weighted by Gasteiger charge is -2.08. The predicted molar refractivity (Wildman–Crippen MR) is 99.7 cm³/mol. The van der Waals surface area contributed by atoms with Crippen molar-refractivity contribution in [2.24, 2.45) is 0 Å². The van der Waals surface area contributed by atoms with Crippen molar-refractivity contribution in [3.05, 3.63) is 59.7 Å². The summed E-state index contributed by atoms with van der Waals surface area (Å²) in [5.74, 6) is 1.80. The molecule has 0 unspecified atom stereocenters. The van der Waals surface area contributed by atoms with Crippen LogP contribution in [0.2, 0.25) is 0 Å². The Morgan fingerprint density at radius 3 is 1.32 bits per heavy atom. The Balaban J connectivity index is 1.77. The number of hydrogen-bond acceptors (Lipinski definition) is 4. The smallest absolute Gasteiger partial charge is 0.119 e. The highest BCUT2D eigenvalue weighted by Crippen LogP contribution is 2.18. The minimum atomic E-state index is 0.680. The van der Waals surface area contributed by atoms with Gasteiger partial charge in [0.05, 0.1) is 13.2 Å². The maximum atomic E-state index is 5.68. The van der Waals surface area contributed by atoms with Gasteiger partial charge in [-0.15, -0.1) is 0 Å². The summed E-state index contributed by atoms with van der Waals surface area (Å²) in [6.07, 6.45) is 2.70. The van der Waals surface area contributed by atoms with Crippen LogP contribution in [-0.4, -0.2) is 40.6 Å². The molecule has 2 aromatic rings. The monoisotopic (exact) mass is 344 g/mol. The summed E-state index contributed by atoms with van der Waals surface area (Å²) in [5.41, 5.74) is 2.52. The zero-order valence-electron chi connectivity index (χ0n) is 15.2. The third kappa shape index (κ3) is 7.59. The lowest BCUT2D eigenvalue weighted by Crippen LogP contribution is -2.01. The molecule has 4 nitrogen and oxygen atoms in total. The first kappa shape index (κ1) is 19.3. The summed E-state index contributed by atoms with van der Waals surface area (Å²) in [6, 6.07) is 16.5. The van der Waals surface area contributed by atoms with Gasteiger partial charge in [0.2, 0.25) is 0 Å². The molecule has 0 N–H and O–H groups in total. The van der Waals surface area contributed by atoms with Crippen molar-refractivity contribution in [2.45, 2.75) is 19.3 Å². The van der Waals surface area contributed by atoms with Crippen molar-refractivity contribution in [1.29, 1.82) is 0 Å². The second-order valence-electron chi connectivity index (χ2n) is 5.85. The molecule has 0 atom stereocenters. The van der Waals surface area contributed by atoms with Gasteiger partial charge in [0, 0.05) is 40.3 Å². The van der Waals surface area contributed by atoms with E-state index in [0.29, 0.717) is 13.2 Å². The summed E-state index contributed by atoms with van der Waals surface area (Å²) in [4.78, 5) is 0. The summed E-state index contributed by atoms with van der Waals surface area (Å²) < 4.78 is 21.4. The topological polar surface area (TPSA) is 36.9 Å². The van der Waals surface area contributed by atoms with Crippen molar-refractivity contribution in [3.63, 3.8) is 0 Å². The van der Waals surface area contributed by atoms with Gasteiger partial charge in [-0.25, -0.2) is 0 Å². The molecule has 0 aromatic heterocycles. The van der Waals surface area contributed by atoms with Crippen LogP contribution in [0.1, 0.15) is 24.0 Å². The van der Waals surface area contributed by atoms with Crippen molar-refractivity contribution in [2.75, 3.05) is 40.6 Å². The molecule has 0 bridgehead atoms. The number of rotatable bonds is 12. The van der Waals surface area contributed by atoms with Crippen molar-refractivity contribution in [1.82, 2.24) is 0 Å². The van der Waals surface area contributed by atoms with Crippen LogP contribution in [-0.2, 0) is 15.9 Å². The number of benzene rings is 2. The average molecular weight is 344 g/mol. The molecule has 0 radical (unpaired) electrons. The SMILES string of the molecule is COCCCOc1ccc(Cc2ccc(OCCCOC)cc2)cc1.